The maximum atomic E-state index is 13.8. The van der Waals surface area contributed by atoms with Gasteiger partial charge in [-0.3, -0.25) is 4.68 Å². The van der Waals surface area contributed by atoms with Crippen LogP contribution in [0.3, 0.4) is 0 Å². The number of aromatic nitrogens is 2. The Labute approximate surface area is 118 Å². The summed E-state index contributed by atoms with van der Waals surface area (Å²) in [7, 11) is 1.83. The molecular formula is C15H20FN3O. The first-order valence-corrected chi connectivity index (χ1v) is 6.72. The predicted octanol–water partition coefficient (Wildman–Crippen LogP) is 3.42. The summed E-state index contributed by atoms with van der Waals surface area (Å²) in [5.74, 6) is 1.09. The zero-order valence-corrected chi connectivity index (χ0v) is 12.3. The highest BCUT2D eigenvalue weighted by atomic mass is 19.1. The van der Waals surface area contributed by atoms with Gasteiger partial charge in [-0.25, -0.2) is 4.39 Å². The third-order valence-corrected chi connectivity index (χ3v) is 3.35. The number of nitrogens with zero attached hydrogens (tertiary/aromatic N) is 2. The Hall–Kier alpha value is -1.88. The van der Waals surface area contributed by atoms with E-state index < -0.39 is 0 Å². The second-order valence-corrected chi connectivity index (χ2v) is 4.78. The zero-order chi connectivity index (χ0) is 14.7. The number of aryl methyl sites for hydroxylation is 2. The molecule has 0 fully saturated rings. The largest absolute Gasteiger partial charge is 0.454 e. The summed E-state index contributed by atoms with van der Waals surface area (Å²) in [6.45, 7) is 6.48. The highest BCUT2D eigenvalue weighted by molar-refractivity contribution is 5.42. The van der Waals surface area contributed by atoms with E-state index in [0.29, 0.717) is 17.1 Å². The molecule has 4 nitrogen and oxygen atoms in total. The lowest BCUT2D eigenvalue weighted by atomic mass is 10.0. The van der Waals surface area contributed by atoms with Crippen LogP contribution in [0.4, 0.5) is 4.39 Å². The first kappa shape index (κ1) is 14.5. The predicted molar refractivity (Wildman–Crippen MR) is 76.6 cm³/mol. The average molecular weight is 277 g/mol. The van der Waals surface area contributed by atoms with Crippen LogP contribution in [0.15, 0.2) is 24.5 Å². The standard InChI is InChI=1S/C15H20FN3O/c1-5-19-9-12(8-18-19)20-15-6-10(2)14(16)7-13(15)11(3)17-4/h6-9,11,17H,5H2,1-4H3. The molecular weight excluding hydrogens is 257 g/mol. The van der Waals surface area contributed by atoms with E-state index in [2.05, 4.69) is 10.4 Å². The summed E-state index contributed by atoms with van der Waals surface area (Å²) in [5, 5.41) is 7.27. The van der Waals surface area contributed by atoms with Gasteiger partial charge in [0.25, 0.3) is 0 Å². The topological polar surface area (TPSA) is 39.1 Å². The lowest BCUT2D eigenvalue weighted by Crippen LogP contribution is -2.13. The van der Waals surface area contributed by atoms with Crippen molar-refractivity contribution in [2.24, 2.45) is 0 Å². The van der Waals surface area contributed by atoms with Gasteiger partial charge in [-0.1, -0.05) is 0 Å². The molecule has 0 radical (unpaired) electrons. The van der Waals surface area contributed by atoms with E-state index in [1.165, 1.54) is 6.07 Å². The second-order valence-electron chi connectivity index (χ2n) is 4.78. The maximum absolute atomic E-state index is 13.8. The molecule has 20 heavy (non-hydrogen) atoms. The zero-order valence-electron chi connectivity index (χ0n) is 12.3. The fourth-order valence-electron chi connectivity index (χ4n) is 1.95. The molecule has 0 bridgehead atoms. The number of hydrogen-bond acceptors (Lipinski definition) is 3. The molecule has 1 N–H and O–H groups in total. The highest BCUT2D eigenvalue weighted by Gasteiger charge is 2.15. The molecule has 1 unspecified atom stereocenters. The van der Waals surface area contributed by atoms with Crippen LogP contribution in [-0.2, 0) is 6.54 Å². The average Bonchev–Trinajstić information content (AvgIpc) is 2.89. The van der Waals surface area contributed by atoms with Crippen molar-refractivity contribution in [3.63, 3.8) is 0 Å². The van der Waals surface area contributed by atoms with Crippen LogP contribution in [0, 0.1) is 12.7 Å². The molecule has 0 aliphatic rings. The van der Waals surface area contributed by atoms with Crippen LogP contribution in [0.1, 0.15) is 31.0 Å². The van der Waals surface area contributed by atoms with Crippen molar-refractivity contribution in [1.82, 2.24) is 15.1 Å². The first-order valence-electron chi connectivity index (χ1n) is 6.72. The Balaban J connectivity index is 2.36. The fraction of sp³-hybridized carbons (Fsp3) is 0.400. The Morgan fingerprint density at radius 1 is 1.45 bits per heavy atom. The van der Waals surface area contributed by atoms with Gasteiger partial charge < -0.3 is 10.1 Å². The lowest BCUT2D eigenvalue weighted by Gasteiger charge is -2.16. The van der Waals surface area contributed by atoms with Crippen LogP contribution in [0.25, 0.3) is 0 Å². The van der Waals surface area contributed by atoms with Crippen LogP contribution in [0.2, 0.25) is 0 Å². The Morgan fingerprint density at radius 3 is 2.80 bits per heavy atom. The van der Waals surface area contributed by atoms with Gasteiger partial charge in [0, 0.05) is 18.2 Å². The minimum absolute atomic E-state index is 0.00122. The molecule has 2 rings (SSSR count). The number of halogens is 1. The van der Waals surface area contributed by atoms with Crippen molar-refractivity contribution in [1.29, 1.82) is 0 Å². The van der Waals surface area contributed by atoms with E-state index in [1.807, 2.05) is 27.1 Å². The van der Waals surface area contributed by atoms with Crippen molar-refractivity contribution in [2.45, 2.75) is 33.4 Å². The van der Waals surface area contributed by atoms with Crippen molar-refractivity contribution < 1.29 is 9.13 Å². The smallest absolute Gasteiger partial charge is 0.165 e. The monoisotopic (exact) mass is 277 g/mol. The molecule has 1 aromatic carbocycles. The van der Waals surface area contributed by atoms with Crippen LogP contribution in [0.5, 0.6) is 11.5 Å². The Bertz CT molecular complexity index is 595. The second kappa shape index (κ2) is 6.05. The van der Waals surface area contributed by atoms with Crippen LogP contribution < -0.4 is 10.1 Å². The van der Waals surface area contributed by atoms with Gasteiger partial charge >= 0.3 is 0 Å². The number of hydrogen-bond donors (Lipinski definition) is 1. The summed E-state index contributed by atoms with van der Waals surface area (Å²) in [6.07, 6.45) is 3.49. The molecule has 1 aromatic heterocycles. The van der Waals surface area contributed by atoms with Crippen LogP contribution >= 0.6 is 0 Å². The van der Waals surface area contributed by atoms with Crippen molar-refractivity contribution in [3.8, 4) is 11.5 Å². The number of benzene rings is 1. The van der Waals surface area contributed by atoms with E-state index in [0.717, 1.165) is 12.1 Å². The molecule has 1 heterocycles. The van der Waals surface area contributed by atoms with Gasteiger partial charge in [0.15, 0.2) is 5.75 Å². The summed E-state index contributed by atoms with van der Waals surface area (Å²) in [6, 6.07) is 3.25. The van der Waals surface area contributed by atoms with Crippen molar-refractivity contribution >= 4 is 0 Å². The highest BCUT2D eigenvalue weighted by Crippen LogP contribution is 2.31. The first-order chi connectivity index (χ1) is 9.55. The molecule has 1 atom stereocenters. The van der Waals surface area contributed by atoms with Gasteiger partial charge in [0.1, 0.15) is 11.6 Å². The molecule has 2 aromatic rings. The fourth-order valence-corrected chi connectivity index (χ4v) is 1.95. The molecule has 0 aliphatic heterocycles. The molecule has 5 heteroatoms. The molecule has 0 aliphatic carbocycles. The quantitative estimate of drug-likeness (QED) is 0.910. The molecule has 0 saturated carbocycles. The van der Waals surface area contributed by atoms with Gasteiger partial charge in [0.2, 0.25) is 0 Å². The van der Waals surface area contributed by atoms with Crippen molar-refractivity contribution in [3.05, 3.63) is 41.5 Å². The maximum Gasteiger partial charge on any atom is 0.165 e. The summed E-state index contributed by atoms with van der Waals surface area (Å²) >= 11 is 0. The SMILES string of the molecule is CCn1cc(Oc2cc(C)c(F)cc2C(C)NC)cn1. The summed E-state index contributed by atoms with van der Waals surface area (Å²) in [5.41, 5.74) is 1.36. The minimum atomic E-state index is -0.223. The van der Waals surface area contributed by atoms with E-state index in [9.17, 15) is 4.39 Å². The third-order valence-electron chi connectivity index (χ3n) is 3.35. The van der Waals surface area contributed by atoms with Gasteiger partial charge in [-0.2, -0.15) is 5.10 Å². The third kappa shape index (κ3) is 2.99. The number of rotatable bonds is 5. The number of ether oxygens (including phenoxy) is 1. The van der Waals surface area contributed by atoms with E-state index in [1.54, 1.807) is 23.9 Å². The Morgan fingerprint density at radius 2 is 2.20 bits per heavy atom. The number of nitrogens with one attached hydrogen (secondary N) is 1. The minimum Gasteiger partial charge on any atom is -0.454 e. The van der Waals surface area contributed by atoms with Gasteiger partial charge in [-0.05, 0) is 45.5 Å². The van der Waals surface area contributed by atoms with Gasteiger partial charge in [0.05, 0.1) is 12.4 Å². The lowest BCUT2D eigenvalue weighted by molar-refractivity contribution is 0.461. The van der Waals surface area contributed by atoms with Gasteiger partial charge in [-0.15, -0.1) is 0 Å². The Kier molecular flexibility index (Phi) is 4.39. The van der Waals surface area contributed by atoms with E-state index in [4.69, 9.17) is 4.74 Å². The van der Waals surface area contributed by atoms with Crippen LogP contribution in [-0.4, -0.2) is 16.8 Å². The molecule has 0 amide bonds. The molecule has 0 spiro atoms. The normalized spacial score (nSPS) is 12.4. The van der Waals surface area contributed by atoms with E-state index >= 15 is 0 Å². The molecule has 108 valence electrons. The summed E-state index contributed by atoms with van der Waals surface area (Å²) in [4.78, 5) is 0. The summed E-state index contributed by atoms with van der Waals surface area (Å²) < 4.78 is 21.4. The van der Waals surface area contributed by atoms with Crippen molar-refractivity contribution in [2.75, 3.05) is 7.05 Å². The van der Waals surface area contributed by atoms with E-state index in [-0.39, 0.29) is 11.9 Å². The molecule has 0 saturated heterocycles.